The van der Waals surface area contributed by atoms with E-state index in [1.807, 2.05) is 71.6 Å². The third kappa shape index (κ3) is 7.34. The lowest BCUT2D eigenvalue weighted by molar-refractivity contribution is 0.332. The van der Waals surface area contributed by atoms with Crippen LogP contribution in [0, 0.1) is 0 Å². The van der Waals surface area contributed by atoms with Gasteiger partial charge in [0, 0.05) is 45.1 Å². The Morgan fingerprint density at radius 3 is 1.96 bits per heavy atom. The molecule has 3 heterocycles. The highest BCUT2D eigenvalue weighted by Crippen LogP contribution is 2.54. The van der Waals surface area contributed by atoms with Crippen LogP contribution in [0.25, 0.3) is 33.2 Å². The Morgan fingerprint density at radius 1 is 0.534 bits per heavy atom. The fourth-order valence-corrected chi connectivity index (χ4v) is 11.5. The zero-order valence-electron chi connectivity index (χ0n) is 55.9. The molecule has 0 atom stereocenters. The molecule has 1 aliphatic carbocycles. The first kappa shape index (κ1) is 32.1. The SMILES string of the molecule is [2H]c1cc(-c2ccccc2N2c3cc(-c4c([2H])c([2H])c([2H])c([2H])c4[2H])ccc3B3c4oc5ccc(C(C)(C)C)cc5c4N(c4ccc5c(c4)C(C)(C)CCC5(C)C)c4cc(N(c5ccccc5)c5c([2H])c([2H])c([2H])c([2H])c5[2H])cc2c43)c([2H])c([2H])c1[2H]. The Balaban J connectivity index is 1.24. The molecule has 4 nitrogen and oxygen atoms in total. The third-order valence-electron chi connectivity index (χ3n) is 15.4. The summed E-state index contributed by atoms with van der Waals surface area (Å²) in [6, 6.07) is 33.7. The molecule has 0 N–H and O–H groups in total. The number of nitrogens with zero attached hydrogens (tertiary/aromatic N) is 3. The first-order chi connectivity index (χ1) is 41.1. The van der Waals surface area contributed by atoms with Crippen molar-refractivity contribution < 1.29 is 23.6 Å². The van der Waals surface area contributed by atoms with Gasteiger partial charge in [-0.05, 0) is 146 Å². The summed E-state index contributed by atoms with van der Waals surface area (Å²) in [6.45, 7) is 14.9. The topological polar surface area (TPSA) is 22.9 Å². The average Bonchev–Trinajstić information content (AvgIpc) is 1.69. The molecule has 0 unspecified atom stereocenters. The Morgan fingerprint density at radius 2 is 1.21 bits per heavy atom. The van der Waals surface area contributed by atoms with Crippen LogP contribution in [-0.2, 0) is 16.2 Å². The van der Waals surface area contributed by atoms with Crippen molar-refractivity contribution in [2.45, 2.75) is 77.6 Å². The quantitative estimate of drug-likeness (QED) is 0.149. The molecule has 0 saturated carbocycles. The van der Waals surface area contributed by atoms with Crippen molar-refractivity contribution in [3.8, 4) is 22.3 Å². The predicted octanol–water partition coefficient (Wildman–Crippen LogP) is 17.0. The van der Waals surface area contributed by atoms with Gasteiger partial charge < -0.3 is 19.1 Å². The van der Waals surface area contributed by atoms with Crippen molar-refractivity contribution in [1.82, 2.24) is 0 Å². The third-order valence-corrected chi connectivity index (χ3v) is 15.4. The summed E-state index contributed by atoms with van der Waals surface area (Å²) in [5.41, 5.74) is 10.6. The molecule has 9 aromatic carbocycles. The minimum absolute atomic E-state index is 0.0432. The maximum atomic E-state index is 9.63. The van der Waals surface area contributed by atoms with Crippen molar-refractivity contribution in [2.75, 3.05) is 14.7 Å². The summed E-state index contributed by atoms with van der Waals surface area (Å²) < 4.78 is 134. The molecule has 0 spiro atoms. The molecule has 13 rings (SSSR count). The molecule has 0 fully saturated rings. The van der Waals surface area contributed by atoms with Gasteiger partial charge in [-0.3, -0.25) is 0 Å². The Bertz CT molecular complexity index is 4550. The van der Waals surface area contributed by atoms with E-state index >= 15 is 0 Å². The van der Waals surface area contributed by atoms with E-state index in [1.54, 1.807) is 29.2 Å². The standard InChI is InChI=1S/C68H60BN3O/c1-66(2,3)48-33-37-62-54(41-48)64-65(73-62)69-57-36-32-47(45-22-12-8-13-23-45)40-59(57)72(58-31-21-20-30-53(58)46-24-14-9-15-25-46)61-44-52(70(49-26-16-10-17-27-49)50-28-18-11-19-29-50)43-60(63(61)69)71(64)51-34-35-55-56(42-51)68(6,7)39-38-67(55,4)5/h8-37,40-44H,38-39H2,1-7H3/i8D,9D,10D,12D,13D,14D,15D,16D,17D,22D,23D,24D,26D,27D. The van der Waals surface area contributed by atoms with Crippen LogP contribution in [0.5, 0.6) is 0 Å². The zero-order valence-corrected chi connectivity index (χ0v) is 41.9. The minimum atomic E-state index is -0.749. The lowest BCUT2D eigenvalue weighted by Crippen LogP contribution is -2.61. The molecule has 0 saturated heterocycles. The maximum absolute atomic E-state index is 9.63. The van der Waals surface area contributed by atoms with E-state index in [0.29, 0.717) is 56.4 Å². The Labute approximate surface area is 450 Å². The van der Waals surface area contributed by atoms with Crippen LogP contribution in [0.2, 0.25) is 0 Å². The highest BCUT2D eigenvalue weighted by atomic mass is 16.3. The second-order valence-corrected chi connectivity index (χ2v) is 21.8. The highest BCUT2D eigenvalue weighted by Gasteiger charge is 2.48. The van der Waals surface area contributed by atoms with Crippen LogP contribution in [0.15, 0.2) is 216 Å². The van der Waals surface area contributed by atoms with Gasteiger partial charge in [-0.25, -0.2) is 0 Å². The van der Waals surface area contributed by atoms with Gasteiger partial charge >= 0.3 is 0 Å². The van der Waals surface area contributed by atoms with Crippen LogP contribution in [-0.4, -0.2) is 6.71 Å². The van der Waals surface area contributed by atoms with Crippen LogP contribution >= 0.6 is 0 Å². The summed E-state index contributed by atoms with van der Waals surface area (Å²) in [7, 11) is 0. The van der Waals surface area contributed by atoms with Crippen molar-refractivity contribution in [3.05, 3.63) is 229 Å². The van der Waals surface area contributed by atoms with Gasteiger partial charge in [0.25, 0.3) is 6.71 Å². The van der Waals surface area contributed by atoms with Crippen LogP contribution in [0.1, 0.15) is 97.2 Å². The van der Waals surface area contributed by atoms with Crippen molar-refractivity contribution >= 4 is 85.5 Å². The molecule has 356 valence electrons. The normalized spacial score (nSPS) is 17.8. The number of hydrogen-bond acceptors (Lipinski definition) is 4. The van der Waals surface area contributed by atoms with E-state index in [4.69, 9.17) is 16.8 Å². The van der Waals surface area contributed by atoms with E-state index in [-0.39, 0.29) is 50.7 Å². The van der Waals surface area contributed by atoms with Gasteiger partial charge in [-0.1, -0.05) is 188 Å². The smallest absolute Gasteiger partial charge is 0.297 e. The van der Waals surface area contributed by atoms with Gasteiger partial charge in [0.2, 0.25) is 0 Å². The fourth-order valence-electron chi connectivity index (χ4n) is 11.5. The molecule has 3 aliphatic rings. The maximum Gasteiger partial charge on any atom is 0.297 e. The molecule has 0 bridgehead atoms. The average molecular weight is 960 g/mol. The number of para-hydroxylation sites is 3. The monoisotopic (exact) mass is 960 g/mol. The summed E-state index contributed by atoms with van der Waals surface area (Å²) >= 11 is 0. The van der Waals surface area contributed by atoms with E-state index < -0.39 is 79.2 Å². The van der Waals surface area contributed by atoms with Crippen molar-refractivity contribution in [2.24, 2.45) is 0 Å². The summed E-state index contributed by atoms with van der Waals surface area (Å²) in [5.74, 6) is 0. The molecule has 0 radical (unpaired) electrons. The molecule has 5 heteroatoms. The summed E-state index contributed by atoms with van der Waals surface area (Å²) in [6.07, 6.45) is 1.92. The number of fused-ring (bicyclic) bond motifs is 7. The van der Waals surface area contributed by atoms with Crippen LogP contribution < -0.4 is 31.3 Å². The zero-order chi connectivity index (χ0) is 62.0. The van der Waals surface area contributed by atoms with Gasteiger partial charge in [-0.15, -0.1) is 0 Å². The Hall–Kier alpha value is -8.02. The van der Waals surface area contributed by atoms with Gasteiger partial charge in [0.15, 0.2) is 0 Å². The lowest BCUT2D eigenvalue weighted by Gasteiger charge is -2.45. The number of hydrogen-bond donors (Lipinski definition) is 0. The van der Waals surface area contributed by atoms with Crippen molar-refractivity contribution in [1.29, 1.82) is 0 Å². The second kappa shape index (κ2) is 16.8. The van der Waals surface area contributed by atoms with Crippen LogP contribution in [0.4, 0.5) is 51.2 Å². The molecular weight excluding hydrogens is 886 g/mol. The molecule has 1 aromatic heterocycles. The van der Waals surface area contributed by atoms with E-state index in [2.05, 4.69) is 83.7 Å². The molecule has 2 aliphatic heterocycles. The van der Waals surface area contributed by atoms with Crippen molar-refractivity contribution in [3.63, 3.8) is 0 Å². The first-order valence-electron chi connectivity index (χ1n) is 31.9. The number of furan rings is 1. The largest absolute Gasteiger partial charge is 0.468 e. The first-order valence-corrected chi connectivity index (χ1v) is 24.9. The minimum Gasteiger partial charge on any atom is -0.468 e. The molecule has 73 heavy (non-hydrogen) atoms. The Kier molecular flexibility index (Phi) is 7.39. The summed E-state index contributed by atoms with van der Waals surface area (Å²) in [4.78, 5) is 5.88. The van der Waals surface area contributed by atoms with E-state index in [1.165, 1.54) is 17.2 Å². The number of rotatable bonds is 7. The number of benzene rings is 9. The van der Waals surface area contributed by atoms with Gasteiger partial charge in [0.05, 0.1) is 41.9 Å². The van der Waals surface area contributed by atoms with Crippen LogP contribution in [0.3, 0.4) is 0 Å². The predicted molar refractivity (Wildman–Crippen MR) is 310 cm³/mol. The van der Waals surface area contributed by atoms with Gasteiger partial charge in [0.1, 0.15) is 5.58 Å². The van der Waals surface area contributed by atoms with E-state index in [0.717, 1.165) is 40.6 Å². The second-order valence-electron chi connectivity index (χ2n) is 21.8. The molecule has 0 amide bonds. The molecule has 10 aromatic rings. The fraction of sp³-hybridized carbons (Fsp3) is 0.176. The van der Waals surface area contributed by atoms with Gasteiger partial charge in [-0.2, -0.15) is 0 Å². The number of anilines is 9. The lowest BCUT2D eigenvalue weighted by atomic mass is 9.35. The van der Waals surface area contributed by atoms with E-state index in [9.17, 15) is 6.85 Å². The molecular formula is C68H60BN3O. The summed E-state index contributed by atoms with van der Waals surface area (Å²) in [5, 5.41) is 0.821. The highest BCUT2D eigenvalue weighted by molar-refractivity contribution is 7.00.